The van der Waals surface area contributed by atoms with E-state index in [4.69, 9.17) is 4.74 Å². The predicted molar refractivity (Wildman–Crippen MR) is 99.2 cm³/mol. The summed E-state index contributed by atoms with van der Waals surface area (Å²) in [4.78, 5) is 7.14. The highest BCUT2D eigenvalue weighted by Gasteiger charge is 2.17. The van der Waals surface area contributed by atoms with Crippen LogP contribution in [0.15, 0.2) is 4.99 Å². The number of nitrogens with one attached hydrogen (secondary N) is 2. The monoisotopic (exact) mass is 326 g/mol. The molecule has 0 heterocycles. The Balaban J connectivity index is 2.14. The van der Waals surface area contributed by atoms with Crippen LogP contribution < -0.4 is 10.6 Å². The molecule has 0 spiro atoms. The number of hydrogen-bond donors (Lipinski definition) is 2. The Morgan fingerprint density at radius 1 is 1.13 bits per heavy atom. The second kappa shape index (κ2) is 13.6. The lowest BCUT2D eigenvalue weighted by molar-refractivity contribution is 0.146. The summed E-state index contributed by atoms with van der Waals surface area (Å²) in [6.07, 6.45) is 9.16. The molecule has 0 bridgehead atoms. The van der Waals surface area contributed by atoms with Crippen molar-refractivity contribution in [2.75, 3.05) is 46.4 Å². The van der Waals surface area contributed by atoms with Crippen molar-refractivity contribution in [3.05, 3.63) is 0 Å². The first-order valence-electron chi connectivity index (χ1n) is 9.58. The molecule has 1 saturated carbocycles. The van der Waals surface area contributed by atoms with E-state index in [9.17, 15) is 0 Å². The number of ether oxygens (including phenoxy) is 1. The van der Waals surface area contributed by atoms with Gasteiger partial charge in [0.1, 0.15) is 0 Å². The van der Waals surface area contributed by atoms with Crippen LogP contribution in [-0.2, 0) is 4.74 Å². The largest absolute Gasteiger partial charge is 0.382 e. The van der Waals surface area contributed by atoms with E-state index >= 15 is 0 Å². The summed E-state index contributed by atoms with van der Waals surface area (Å²) < 4.78 is 5.34. The van der Waals surface area contributed by atoms with Gasteiger partial charge in [-0.3, -0.25) is 4.99 Å². The normalized spacial score (nSPS) is 16.8. The van der Waals surface area contributed by atoms with E-state index in [1.807, 2.05) is 6.92 Å². The quantitative estimate of drug-likeness (QED) is 0.348. The Labute approximate surface area is 143 Å². The standard InChI is InChI=1S/C18H38N4O/c1-4-19-18(21-14-10-16-23-5-2)20-13-9-15-22(3)17-11-7-6-8-12-17/h17H,4-16H2,1-3H3,(H2,19,20,21). The summed E-state index contributed by atoms with van der Waals surface area (Å²) in [6.45, 7) is 9.59. The molecular formula is C18H38N4O. The van der Waals surface area contributed by atoms with Crippen molar-refractivity contribution < 1.29 is 4.74 Å². The molecule has 0 aromatic heterocycles. The second-order valence-corrected chi connectivity index (χ2v) is 6.36. The van der Waals surface area contributed by atoms with Crippen LogP contribution in [0, 0.1) is 0 Å². The fraction of sp³-hybridized carbons (Fsp3) is 0.944. The number of nitrogens with zero attached hydrogens (tertiary/aromatic N) is 2. The molecule has 5 heteroatoms. The Hall–Kier alpha value is -0.810. The zero-order valence-corrected chi connectivity index (χ0v) is 15.6. The van der Waals surface area contributed by atoms with Crippen molar-refractivity contribution in [1.82, 2.24) is 15.5 Å². The van der Waals surface area contributed by atoms with Crippen LogP contribution >= 0.6 is 0 Å². The van der Waals surface area contributed by atoms with Gasteiger partial charge < -0.3 is 20.3 Å². The van der Waals surface area contributed by atoms with Crippen LogP contribution in [-0.4, -0.2) is 63.3 Å². The molecule has 0 radical (unpaired) electrons. The molecule has 1 aliphatic carbocycles. The SMILES string of the molecule is CCNC(=NCCCOCC)NCCCN(C)C1CCCCC1. The molecule has 0 aromatic rings. The molecule has 0 atom stereocenters. The Bertz CT molecular complexity index is 303. The average molecular weight is 327 g/mol. The molecule has 1 rings (SSSR count). The highest BCUT2D eigenvalue weighted by atomic mass is 16.5. The van der Waals surface area contributed by atoms with Crippen LogP contribution in [0.2, 0.25) is 0 Å². The van der Waals surface area contributed by atoms with E-state index in [0.717, 1.165) is 57.7 Å². The summed E-state index contributed by atoms with van der Waals surface area (Å²) in [7, 11) is 2.28. The first kappa shape index (κ1) is 20.2. The molecule has 1 fully saturated rings. The Kier molecular flexibility index (Phi) is 12.0. The fourth-order valence-electron chi connectivity index (χ4n) is 3.08. The summed E-state index contributed by atoms with van der Waals surface area (Å²) in [5.41, 5.74) is 0. The molecule has 5 nitrogen and oxygen atoms in total. The molecular weight excluding hydrogens is 288 g/mol. The smallest absolute Gasteiger partial charge is 0.191 e. The number of aliphatic imine (C=N–C) groups is 1. The summed E-state index contributed by atoms with van der Waals surface area (Å²) in [5.74, 6) is 0.935. The van der Waals surface area contributed by atoms with E-state index in [1.54, 1.807) is 0 Å². The maximum Gasteiger partial charge on any atom is 0.191 e. The lowest BCUT2D eigenvalue weighted by atomic mass is 9.94. The molecule has 0 aliphatic heterocycles. The molecule has 136 valence electrons. The van der Waals surface area contributed by atoms with Gasteiger partial charge in [0.2, 0.25) is 0 Å². The molecule has 23 heavy (non-hydrogen) atoms. The van der Waals surface area contributed by atoms with Crippen molar-refractivity contribution in [1.29, 1.82) is 0 Å². The van der Waals surface area contributed by atoms with E-state index in [1.165, 1.54) is 38.6 Å². The zero-order valence-electron chi connectivity index (χ0n) is 15.6. The highest BCUT2D eigenvalue weighted by Crippen LogP contribution is 2.21. The van der Waals surface area contributed by atoms with Gasteiger partial charge in [0.25, 0.3) is 0 Å². The average Bonchev–Trinajstić information content (AvgIpc) is 2.59. The Morgan fingerprint density at radius 3 is 2.61 bits per heavy atom. The third-order valence-electron chi connectivity index (χ3n) is 4.44. The van der Waals surface area contributed by atoms with Gasteiger partial charge in [0.15, 0.2) is 5.96 Å². The first-order chi connectivity index (χ1) is 11.3. The molecule has 0 saturated heterocycles. The van der Waals surface area contributed by atoms with Gasteiger partial charge in [-0.05, 0) is 53.1 Å². The molecule has 1 aliphatic rings. The number of hydrogen-bond acceptors (Lipinski definition) is 3. The van der Waals surface area contributed by atoms with Crippen LogP contribution in [0.3, 0.4) is 0 Å². The van der Waals surface area contributed by atoms with Crippen LogP contribution in [0.25, 0.3) is 0 Å². The van der Waals surface area contributed by atoms with Crippen LogP contribution in [0.5, 0.6) is 0 Å². The van der Waals surface area contributed by atoms with Crippen molar-refractivity contribution in [2.45, 2.75) is 64.8 Å². The first-order valence-corrected chi connectivity index (χ1v) is 9.58. The summed E-state index contributed by atoms with van der Waals surface area (Å²) >= 11 is 0. The van der Waals surface area contributed by atoms with Gasteiger partial charge in [-0.2, -0.15) is 0 Å². The van der Waals surface area contributed by atoms with Gasteiger partial charge in [-0.1, -0.05) is 19.3 Å². The van der Waals surface area contributed by atoms with Crippen molar-refractivity contribution in [2.24, 2.45) is 4.99 Å². The second-order valence-electron chi connectivity index (χ2n) is 6.36. The lowest BCUT2D eigenvalue weighted by Crippen LogP contribution is -2.40. The summed E-state index contributed by atoms with van der Waals surface area (Å²) in [5, 5.41) is 6.75. The van der Waals surface area contributed by atoms with Gasteiger partial charge in [-0.15, -0.1) is 0 Å². The van der Waals surface area contributed by atoms with E-state index in [-0.39, 0.29) is 0 Å². The minimum atomic E-state index is 0.788. The van der Waals surface area contributed by atoms with E-state index < -0.39 is 0 Å². The number of rotatable bonds is 11. The molecule has 0 aromatic carbocycles. The fourth-order valence-corrected chi connectivity index (χ4v) is 3.08. The van der Waals surface area contributed by atoms with Gasteiger partial charge in [0.05, 0.1) is 0 Å². The maximum absolute atomic E-state index is 5.34. The van der Waals surface area contributed by atoms with Gasteiger partial charge >= 0.3 is 0 Å². The maximum atomic E-state index is 5.34. The van der Waals surface area contributed by atoms with Gasteiger partial charge in [-0.25, -0.2) is 0 Å². The third kappa shape index (κ3) is 9.82. The predicted octanol–water partition coefficient (Wildman–Crippen LogP) is 2.62. The van der Waals surface area contributed by atoms with E-state index in [0.29, 0.717) is 0 Å². The van der Waals surface area contributed by atoms with Crippen molar-refractivity contribution in [3.63, 3.8) is 0 Å². The minimum Gasteiger partial charge on any atom is -0.382 e. The van der Waals surface area contributed by atoms with Crippen LogP contribution in [0.4, 0.5) is 0 Å². The van der Waals surface area contributed by atoms with Crippen LogP contribution in [0.1, 0.15) is 58.8 Å². The molecule has 0 unspecified atom stereocenters. The van der Waals surface area contributed by atoms with Crippen molar-refractivity contribution in [3.8, 4) is 0 Å². The zero-order chi connectivity index (χ0) is 16.8. The van der Waals surface area contributed by atoms with Gasteiger partial charge in [0, 0.05) is 38.9 Å². The topological polar surface area (TPSA) is 48.9 Å². The third-order valence-corrected chi connectivity index (χ3v) is 4.44. The van der Waals surface area contributed by atoms with E-state index in [2.05, 4.69) is 34.5 Å². The lowest BCUT2D eigenvalue weighted by Gasteiger charge is -2.31. The van der Waals surface area contributed by atoms with Crippen molar-refractivity contribution >= 4 is 5.96 Å². The Morgan fingerprint density at radius 2 is 1.91 bits per heavy atom. The minimum absolute atomic E-state index is 0.788. The number of guanidine groups is 1. The highest BCUT2D eigenvalue weighted by molar-refractivity contribution is 5.79. The molecule has 0 amide bonds. The molecule has 2 N–H and O–H groups in total. The summed E-state index contributed by atoms with van der Waals surface area (Å²) in [6, 6.07) is 0.809.